The minimum Gasteiger partial charge on any atom is -0.308 e. The summed E-state index contributed by atoms with van der Waals surface area (Å²) in [4.78, 5) is 0. The van der Waals surface area contributed by atoms with Crippen molar-refractivity contribution >= 4 is 43.6 Å². The summed E-state index contributed by atoms with van der Waals surface area (Å²) in [6.45, 7) is 0. The van der Waals surface area contributed by atoms with Crippen molar-refractivity contribution in [1.82, 2.24) is 9.13 Å². The van der Waals surface area contributed by atoms with Gasteiger partial charge >= 0.3 is 12.4 Å². The molecule has 12 rings (SSSR count). The summed E-state index contributed by atoms with van der Waals surface area (Å²) >= 11 is 0. The minimum atomic E-state index is -5.30. The second-order valence-electron chi connectivity index (χ2n) is 19.1. The standard InChI is InChI=1S/C67H33F6N7/c68-66(69,70)52-17-22-53(59(33-52)67(71,72)73)51-31-64(79-60-27-47(43-9-1-5-39(23-43)34-74)13-18-54(60)55-19-14-48(28-61(55)79)44-10-2-6-40(24-44)35-75)58(38-78)65(32-51)80-62-29-49(45-11-3-7-41(25-45)36-76)15-20-56(62)57-21-16-50(30-63(57)80)46-12-4-8-42(26-46)37-77/h1-33H. The van der Waals surface area contributed by atoms with Crippen molar-refractivity contribution < 1.29 is 26.3 Å². The van der Waals surface area contributed by atoms with Gasteiger partial charge in [0.15, 0.2) is 0 Å². The van der Waals surface area contributed by atoms with Gasteiger partial charge in [-0.25, -0.2) is 0 Å². The van der Waals surface area contributed by atoms with Crippen molar-refractivity contribution in [3.05, 3.63) is 239 Å². The number of hydrogen-bond acceptors (Lipinski definition) is 5. The van der Waals surface area contributed by atoms with Crippen molar-refractivity contribution in [2.45, 2.75) is 12.4 Å². The van der Waals surface area contributed by atoms with Crippen LogP contribution < -0.4 is 0 Å². The first kappa shape index (κ1) is 49.7. The van der Waals surface area contributed by atoms with Gasteiger partial charge in [-0.05, 0) is 153 Å². The number of aromatic nitrogens is 2. The Morgan fingerprint density at radius 2 is 0.625 bits per heavy atom. The maximum Gasteiger partial charge on any atom is 0.417 e. The highest BCUT2D eigenvalue weighted by atomic mass is 19.4. The van der Waals surface area contributed by atoms with Gasteiger partial charge in [-0.2, -0.15) is 52.7 Å². The molecule has 2 aromatic heterocycles. The van der Waals surface area contributed by atoms with Gasteiger partial charge in [-0.3, -0.25) is 0 Å². The molecule has 378 valence electrons. The molecule has 80 heavy (non-hydrogen) atoms. The van der Waals surface area contributed by atoms with Crippen LogP contribution in [0.1, 0.15) is 38.9 Å². The van der Waals surface area contributed by atoms with Crippen molar-refractivity contribution in [2.24, 2.45) is 0 Å². The normalized spacial score (nSPS) is 11.6. The number of hydrogen-bond donors (Lipinski definition) is 0. The molecular weight excluding hydrogens is 1020 g/mol. The summed E-state index contributed by atoms with van der Waals surface area (Å²) in [5.74, 6) is 0. The first-order valence-corrected chi connectivity index (χ1v) is 24.7. The van der Waals surface area contributed by atoms with Gasteiger partial charge in [0.2, 0.25) is 0 Å². The van der Waals surface area contributed by atoms with Gasteiger partial charge in [-0.1, -0.05) is 103 Å². The molecule has 0 spiro atoms. The minimum absolute atomic E-state index is 0.0330. The van der Waals surface area contributed by atoms with Crippen LogP contribution in [0.5, 0.6) is 0 Å². The lowest BCUT2D eigenvalue weighted by atomic mass is 9.94. The van der Waals surface area contributed by atoms with Crippen molar-refractivity contribution in [2.75, 3.05) is 0 Å². The molecule has 0 unspecified atom stereocenters. The first-order chi connectivity index (χ1) is 38.7. The molecule has 0 saturated carbocycles. The summed E-state index contributed by atoms with van der Waals surface area (Å²) < 4.78 is 93.4. The Labute approximate surface area is 452 Å². The van der Waals surface area contributed by atoms with Crippen LogP contribution in [0, 0.1) is 56.7 Å². The Morgan fingerprint density at radius 3 is 0.912 bits per heavy atom. The van der Waals surface area contributed by atoms with Crippen LogP contribution >= 0.6 is 0 Å². The van der Waals surface area contributed by atoms with Crippen LogP contribution in [-0.4, -0.2) is 9.13 Å². The molecule has 0 aliphatic heterocycles. The molecule has 7 nitrogen and oxygen atoms in total. The van der Waals surface area contributed by atoms with E-state index in [-0.39, 0.29) is 28.6 Å². The molecule has 0 radical (unpaired) electrons. The van der Waals surface area contributed by atoms with Gasteiger partial charge in [0.1, 0.15) is 11.6 Å². The Balaban J connectivity index is 1.26. The SMILES string of the molecule is N#Cc1cccc(-c2ccc3c4ccc(-c5cccc(C#N)c5)cc4n(-c4cc(-c5ccc(C(F)(F)F)cc5C(F)(F)F)cc(-n5c6cc(-c7cccc(C#N)c7)ccc6c6ccc(-c7cccc(C#N)c7)cc65)c4C#N)c3c2)c1. The molecule has 0 fully saturated rings. The summed E-state index contributed by atoms with van der Waals surface area (Å²) in [5.41, 5.74) is 5.11. The highest BCUT2D eigenvalue weighted by Gasteiger charge is 2.39. The lowest BCUT2D eigenvalue weighted by molar-refractivity contribution is -0.142. The van der Waals surface area contributed by atoms with Crippen molar-refractivity contribution in [1.29, 1.82) is 26.3 Å². The molecule has 0 aliphatic carbocycles. The molecular formula is C67H33F6N7. The van der Waals surface area contributed by atoms with Crippen LogP contribution in [0.25, 0.3) is 111 Å². The fraction of sp³-hybridized carbons (Fsp3) is 0.0299. The van der Waals surface area contributed by atoms with Gasteiger partial charge in [0.25, 0.3) is 0 Å². The fourth-order valence-electron chi connectivity index (χ4n) is 10.8. The third-order valence-electron chi connectivity index (χ3n) is 14.5. The first-order valence-electron chi connectivity index (χ1n) is 24.7. The van der Waals surface area contributed by atoms with Crippen LogP contribution in [0.4, 0.5) is 26.3 Å². The Bertz CT molecular complexity index is 4340. The van der Waals surface area contributed by atoms with Crippen LogP contribution in [0.3, 0.4) is 0 Å². The summed E-state index contributed by atoms with van der Waals surface area (Å²) in [5, 5.41) is 54.2. The number of rotatable bonds is 7. The molecule has 10 aromatic carbocycles. The summed E-state index contributed by atoms with van der Waals surface area (Å²) in [6.07, 6.45) is -10.4. The van der Waals surface area contributed by atoms with Gasteiger partial charge < -0.3 is 9.13 Å². The summed E-state index contributed by atoms with van der Waals surface area (Å²) in [6, 6.07) is 65.7. The molecule has 2 heterocycles. The second-order valence-corrected chi connectivity index (χ2v) is 19.1. The maximum atomic E-state index is 15.6. The molecule has 0 saturated heterocycles. The van der Waals surface area contributed by atoms with E-state index < -0.39 is 29.0 Å². The van der Waals surface area contributed by atoms with E-state index in [1.54, 1.807) is 81.9 Å². The largest absolute Gasteiger partial charge is 0.417 e. The number of nitrogens with zero attached hydrogens (tertiary/aromatic N) is 7. The third-order valence-corrected chi connectivity index (χ3v) is 14.5. The predicted octanol–water partition coefficient (Wildman–Crippen LogP) is 17.6. The average molecular weight is 1050 g/mol. The Hall–Kier alpha value is -11.2. The maximum absolute atomic E-state index is 15.6. The fourth-order valence-corrected chi connectivity index (χ4v) is 10.8. The van der Waals surface area contributed by atoms with Gasteiger partial charge in [0.05, 0.1) is 91.1 Å². The zero-order valence-corrected chi connectivity index (χ0v) is 41.5. The van der Waals surface area contributed by atoms with Crippen molar-refractivity contribution in [3.8, 4) is 97.4 Å². The molecule has 0 bridgehead atoms. The molecule has 0 N–H and O–H groups in total. The molecule has 13 heteroatoms. The van der Waals surface area contributed by atoms with E-state index in [0.29, 0.717) is 116 Å². The van der Waals surface area contributed by atoms with E-state index in [4.69, 9.17) is 0 Å². The topological polar surface area (TPSA) is 129 Å². The highest BCUT2D eigenvalue weighted by Crippen LogP contribution is 2.47. The van der Waals surface area contributed by atoms with E-state index in [2.05, 4.69) is 30.3 Å². The predicted molar refractivity (Wildman–Crippen MR) is 296 cm³/mol. The molecule has 0 atom stereocenters. The highest BCUT2D eigenvalue weighted by molar-refractivity contribution is 6.13. The van der Waals surface area contributed by atoms with Crippen molar-refractivity contribution in [3.63, 3.8) is 0 Å². The number of halogens is 6. The summed E-state index contributed by atoms with van der Waals surface area (Å²) in [7, 11) is 0. The average Bonchev–Trinajstić information content (AvgIpc) is 4.15. The lowest BCUT2D eigenvalue weighted by Gasteiger charge is -2.21. The number of alkyl halides is 6. The zero-order chi connectivity index (χ0) is 55.6. The molecule has 0 aliphatic rings. The van der Waals surface area contributed by atoms with E-state index in [9.17, 15) is 39.5 Å². The van der Waals surface area contributed by atoms with E-state index >= 15 is 13.2 Å². The van der Waals surface area contributed by atoms with Crippen LogP contribution in [0.2, 0.25) is 0 Å². The monoisotopic (exact) mass is 1050 g/mol. The van der Waals surface area contributed by atoms with Gasteiger partial charge in [-0.15, -0.1) is 0 Å². The van der Waals surface area contributed by atoms with Crippen LogP contribution in [0.15, 0.2) is 200 Å². The Morgan fingerprint density at radius 1 is 0.300 bits per heavy atom. The quantitative estimate of drug-likeness (QED) is 0.147. The second kappa shape index (κ2) is 19.1. The number of benzene rings is 10. The number of nitriles is 5. The van der Waals surface area contributed by atoms with E-state index in [1.807, 2.05) is 97.1 Å². The number of fused-ring (bicyclic) bond motifs is 6. The zero-order valence-electron chi connectivity index (χ0n) is 41.5. The van der Waals surface area contributed by atoms with E-state index in [0.717, 1.165) is 6.07 Å². The Kier molecular flexibility index (Phi) is 11.9. The third kappa shape index (κ3) is 8.57. The van der Waals surface area contributed by atoms with Crippen LogP contribution in [-0.2, 0) is 12.4 Å². The lowest BCUT2D eigenvalue weighted by Crippen LogP contribution is -2.12. The smallest absolute Gasteiger partial charge is 0.308 e. The molecule has 12 aromatic rings. The van der Waals surface area contributed by atoms with Gasteiger partial charge in [0, 0.05) is 21.5 Å². The molecule has 0 amide bonds. The van der Waals surface area contributed by atoms with E-state index in [1.165, 1.54) is 12.1 Å².